The van der Waals surface area contributed by atoms with E-state index in [0.29, 0.717) is 35.4 Å². The van der Waals surface area contributed by atoms with Gasteiger partial charge in [-0.2, -0.15) is 4.68 Å². The second-order valence-electron chi connectivity index (χ2n) is 8.36. The van der Waals surface area contributed by atoms with Crippen LogP contribution in [0.25, 0.3) is 16.7 Å². The summed E-state index contributed by atoms with van der Waals surface area (Å²) in [6, 6.07) is 26.3. The Morgan fingerprint density at radius 2 is 1.86 bits per heavy atom. The van der Waals surface area contributed by atoms with Crippen LogP contribution in [0.5, 0.6) is 5.75 Å². The van der Waals surface area contributed by atoms with Gasteiger partial charge in [0.05, 0.1) is 17.4 Å². The number of aromatic amines is 1. The SMILES string of the molecule is OCc1ccc(C(Nc2ccc3nc[nH]c3c2)c2nnnn2-c2ccccc2OCc2ccccc2)o1. The Hall–Kier alpha value is -4.96. The number of hydrogen-bond donors (Lipinski definition) is 3. The molecule has 3 aromatic carbocycles. The Balaban J connectivity index is 1.38. The Kier molecular flexibility index (Phi) is 6.05. The van der Waals surface area contributed by atoms with Crippen LogP contribution in [0.1, 0.15) is 29.0 Å². The molecule has 0 saturated carbocycles. The second kappa shape index (κ2) is 9.96. The van der Waals surface area contributed by atoms with Crippen LogP contribution in [0.2, 0.25) is 0 Å². The maximum absolute atomic E-state index is 9.58. The van der Waals surface area contributed by atoms with Crippen molar-refractivity contribution >= 4 is 16.7 Å². The molecule has 0 amide bonds. The van der Waals surface area contributed by atoms with E-state index in [2.05, 4.69) is 30.8 Å². The Morgan fingerprint density at radius 3 is 2.73 bits per heavy atom. The van der Waals surface area contributed by atoms with Crippen molar-refractivity contribution in [2.75, 3.05) is 5.32 Å². The minimum atomic E-state index is -0.571. The molecule has 10 nitrogen and oxygen atoms in total. The van der Waals surface area contributed by atoms with E-state index < -0.39 is 6.04 Å². The summed E-state index contributed by atoms with van der Waals surface area (Å²) in [5.41, 5.74) is 4.29. The molecule has 6 rings (SSSR count). The van der Waals surface area contributed by atoms with Crippen molar-refractivity contribution in [3.63, 3.8) is 0 Å². The fourth-order valence-electron chi connectivity index (χ4n) is 4.12. The van der Waals surface area contributed by atoms with Gasteiger partial charge in [-0.25, -0.2) is 4.98 Å². The monoisotopic (exact) mass is 493 g/mol. The molecule has 0 saturated heterocycles. The van der Waals surface area contributed by atoms with Crippen LogP contribution in [-0.2, 0) is 13.2 Å². The molecular formula is C27H23N7O3. The smallest absolute Gasteiger partial charge is 0.186 e. The molecule has 6 aromatic rings. The summed E-state index contributed by atoms with van der Waals surface area (Å²) >= 11 is 0. The highest BCUT2D eigenvalue weighted by atomic mass is 16.5. The van der Waals surface area contributed by atoms with Gasteiger partial charge in [0.2, 0.25) is 0 Å². The van der Waals surface area contributed by atoms with E-state index in [9.17, 15) is 5.11 Å². The highest BCUT2D eigenvalue weighted by Gasteiger charge is 2.26. The third-order valence-electron chi connectivity index (χ3n) is 5.94. The van der Waals surface area contributed by atoms with Crippen molar-refractivity contribution in [1.82, 2.24) is 30.2 Å². The lowest BCUT2D eigenvalue weighted by molar-refractivity contribution is 0.242. The molecular weight excluding hydrogens is 470 g/mol. The first-order valence-electron chi connectivity index (χ1n) is 11.7. The van der Waals surface area contributed by atoms with Gasteiger partial charge in [-0.1, -0.05) is 42.5 Å². The zero-order chi connectivity index (χ0) is 25.0. The van der Waals surface area contributed by atoms with E-state index in [4.69, 9.17) is 9.15 Å². The van der Waals surface area contributed by atoms with Crippen molar-refractivity contribution in [2.24, 2.45) is 0 Å². The average molecular weight is 494 g/mol. The summed E-state index contributed by atoms with van der Waals surface area (Å²) in [5, 5.41) is 25.7. The molecule has 184 valence electrons. The van der Waals surface area contributed by atoms with Gasteiger partial charge in [0.15, 0.2) is 5.82 Å². The third-order valence-corrected chi connectivity index (χ3v) is 5.94. The minimum absolute atomic E-state index is 0.214. The molecule has 0 aliphatic rings. The van der Waals surface area contributed by atoms with Crippen molar-refractivity contribution in [1.29, 1.82) is 0 Å². The molecule has 0 fully saturated rings. The highest BCUT2D eigenvalue weighted by Crippen LogP contribution is 2.31. The van der Waals surface area contributed by atoms with Crippen molar-refractivity contribution in [2.45, 2.75) is 19.3 Å². The predicted molar refractivity (Wildman–Crippen MR) is 136 cm³/mol. The fourth-order valence-corrected chi connectivity index (χ4v) is 4.12. The number of rotatable bonds is 9. The van der Waals surface area contributed by atoms with Crippen LogP contribution in [0.4, 0.5) is 5.69 Å². The molecule has 3 heterocycles. The number of aromatic nitrogens is 6. The molecule has 3 aromatic heterocycles. The van der Waals surface area contributed by atoms with Gasteiger partial charge in [-0.3, -0.25) is 0 Å². The Bertz CT molecular complexity index is 1620. The van der Waals surface area contributed by atoms with E-state index in [-0.39, 0.29) is 6.61 Å². The first-order valence-corrected chi connectivity index (χ1v) is 11.7. The zero-order valence-corrected chi connectivity index (χ0v) is 19.7. The summed E-state index contributed by atoms with van der Waals surface area (Å²) in [5.74, 6) is 2.11. The molecule has 1 atom stereocenters. The van der Waals surface area contributed by atoms with Crippen LogP contribution in [0, 0.1) is 0 Å². The van der Waals surface area contributed by atoms with Crippen molar-refractivity contribution in [3.05, 3.63) is 114 Å². The largest absolute Gasteiger partial charge is 0.487 e. The van der Waals surface area contributed by atoms with E-state index in [1.165, 1.54) is 0 Å². The summed E-state index contributed by atoms with van der Waals surface area (Å²) in [4.78, 5) is 7.41. The summed E-state index contributed by atoms with van der Waals surface area (Å²) < 4.78 is 13.7. The molecule has 3 N–H and O–H groups in total. The average Bonchev–Trinajstić information content (AvgIpc) is 3.72. The second-order valence-corrected chi connectivity index (χ2v) is 8.36. The van der Waals surface area contributed by atoms with Gasteiger partial charge >= 0.3 is 0 Å². The maximum Gasteiger partial charge on any atom is 0.186 e. The lowest BCUT2D eigenvalue weighted by Crippen LogP contribution is -2.18. The fraction of sp³-hybridized carbons (Fsp3) is 0.111. The predicted octanol–water partition coefficient (Wildman–Crippen LogP) is 4.40. The molecule has 0 aliphatic heterocycles. The lowest BCUT2D eigenvalue weighted by Gasteiger charge is -2.19. The Morgan fingerprint density at radius 1 is 1.00 bits per heavy atom. The van der Waals surface area contributed by atoms with E-state index >= 15 is 0 Å². The summed E-state index contributed by atoms with van der Waals surface area (Å²) in [6.07, 6.45) is 1.65. The number of ether oxygens (including phenoxy) is 1. The highest BCUT2D eigenvalue weighted by molar-refractivity contribution is 5.78. The molecule has 0 bridgehead atoms. The number of nitrogens with one attached hydrogen (secondary N) is 2. The molecule has 0 radical (unpaired) electrons. The molecule has 0 spiro atoms. The summed E-state index contributed by atoms with van der Waals surface area (Å²) in [6.45, 7) is 0.188. The number of imidazole rings is 1. The van der Waals surface area contributed by atoms with Crippen LogP contribution in [0.3, 0.4) is 0 Å². The lowest BCUT2D eigenvalue weighted by atomic mass is 10.1. The number of anilines is 1. The standard InChI is InChI=1S/C27H23N7O3/c35-15-20-11-13-25(37-20)26(30-19-10-12-21-22(14-19)29-17-28-21)27-31-32-33-34(27)23-8-4-5-9-24(23)36-16-18-6-2-1-3-7-18/h1-14,17,26,30,35H,15-16H2,(H,28,29). The Labute approximate surface area is 211 Å². The van der Waals surface area contributed by atoms with Gasteiger partial charge in [0.25, 0.3) is 0 Å². The number of H-pyrrole nitrogens is 1. The van der Waals surface area contributed by atoms with Gasteiger partial charge in [0.1, 0.15) is 42.2 Å². The third kappa shape index (κ3) is 4.65. The van der Waals surface area contributed by atoms with Gasteiger partial charge in [-0.15, -0.1) is 5.10 Å². The molecule has 10 heteroatoms. The van der Waals surface area contributed by atoms with Gasteiger partial charge < -0.3 is 24.6 Å². The van der Waals surface area contributed by atoms with Crippen LogP contribution in [0.15, 0.2) is 95.7 Å². The number of benzene rings is 3. The molecule has 37 heavy (non-hydrogen) atoms. The number of fused-ring (bicyclic) bond motifs is 1. The number of aliphatic hydroxyl groups excluding tert-OH is 1. The number of aliphatic hydroxyl groups is 1. The number of nitrogens with zero attached hydrogens (tertiary/aromatic N) is 5. The molecule has 0 aliphatic carbocycles. The van der Waals surface area contributed by atoms with Gasteiger partial charge in [0, 0.05) is 5.69 Å². The van der Waals surface area contributed by atoms with E-state index in [1.54, 1.807) is 23.1 Å². The van der Waals surface area contributed by atoms with Crippen molar-refractivity contribution in [3.8, 4) is 11.4 Å². The normalized spacial score (nSPS) is 12.0. The van der Waals surface area contributed by atoms with Gasteiger partial charge in [-0.05, 0) is 58.5 Å². The van der Waals surface area contributed by atoms with E-state index in [1.807, 2.05) is 72.8 Å². The minimum Gasteiger partial charge on any atom is -0.487 e. The van der Waals surface area contributed by atoms with E-state index in [0.717, 1.165) is 22.3 Å². The van der Waals surface area contributed by atoms with Crippen LogP contribution in [-0.4, -0.2) is 35.3 Å². The molecule has 1 unspecified atom stereocenters. The topological polar surface area (TPSA) is 127 Å². The van der Waals surface area contributed by atoms with Crippen molar-refractivity contribution < 1.29 is 14.3 Å². The maximum atomic E-state index is 9.58. The number of hydrogen-bond acceptors (Lipinski definition) is 8. The number of tetrazole rings is 1. The van der Waals surface area contributed by atoms with Crippen LogP contribution < -0.4 is 10.1 Å². The zero-order valence-electron chi connectivity index (χ0n) is 19.7. The number of furan rings is 1. The number of para-hydroxylation sites is 2. The first-order chi connectivity index (χ1) is 18.3. The summed E-state index contributed by atoms with van der Waals surface area (Å²) in [7, 11) is 0. The van der Waals surface area contributed by atoms with Crippen LogP contribution >= 0.6 is 0 Å². The quantitative estimate of drug-likeness (QED) is 0.270. The first kappa shape index (κ1) is 22.5.